The molecular weight excluding hydrogens is 527 g/mol. The lowest BCUT2D eigenvalue weighted by Crippen LogP contribution is -2.58. The van der Waals surface area contributed by atoms with Crippen molar-refractivity contribution < 1.29 is 13.2 Å². The fourth-order valence-corrected chi connectivity index (χ4v) is 6.65. The molecule has 2 aromatic rings. The molecule has 1 saturated heterocycles. The van der Waals surface area contributed by atoms with E-state index in [2.05, 4.69) is 17.4 Å². The van der Waals surface area contributed by atoms with Gasteiger partial charge in [0.15, 0.2) is 0 Å². The first-order chi connectivity index (χ1) is 17.5. The standard InChI is InChI=1S/C29H36Cl2N2O3S/c1-5-15-29(4)17-25(22-7-6-8-24(31)16-22)27(21-11-13-23(30)14-12-21)33(28(29)34)26(20-9-10-20)18-32-37(35,36)19(2)3/h5-8,11-14,16,19-20,25-27,32H,1,9-10,15,17-18H2,2-4H3/t25-,26+,27-,29+/m1/s1. The van der Waals surface area contributed by atoms with Crippen molar-refractivity contribution in [2.45, 2.75) is 69.7 Å². The van der Waals surface area contributed by atoms with Crippen LogP contribution in [0.1, 0.15) is 69.5 Å². The number of nitrogens with zero attached hydrogens (tertiary/aromatic N) is 1. The van der Waals surface area contributed by atoms with Gasteiger partial charge in [-0.1, -0.05) is 60.5 Å². The number of amides is 1. The van der Waals surface area contributed by atoms with Crippen LogP contribution in [0, 0.1) is 11.3 Å². The summed E-state index contributed by atoms with van der Waals surface area (Å²) in [4.78, 5) is 16.4. The fourth-order valence-electron chi connectivity index (χ4n) is 5.59. The van der Waals surface area contributed by atoms with Gasteiger partial charge in [0, 0.05) is 28.5 Å². The van der Waals surface area contributed by atoms with Crippen LogP contribution < -0.4 is 4.72 Å². The molecule has 4 rings (SSSR count). The molecule has 1 saturated carbocycles. The van der Waals surface area contributed by atoms with Crippen LogP contribution in [0.4, 0.5) is 0 Å². The highest BCUT2D eigenvalue weighted by Crippen LogP contribution is 2.54. The molecule has 0 radical (unpaired) electrons. The molecule has 0 bridgehead atoms. The molecule has 1 amide bonds. The highest BCUT2D eigenvalue weighted by Gasteiger charge is 2.53. The van der Waals surface area contributed by atoms with Crippen molar-refractivity contribution >= 4 is 39.1 Å². The molecule has 1 N–H and O–H groups in total. The van der Waals surface area contributed by atoms with Crippen LogP contribution in [-0.2, 0) is 14.8 Å². The van der Waals surface area contributed by atoms with Gasteiger partial charge in [0.1, 0.15) is 0 Å². The van der Waals surface area contributed by atoms with Gasteiger partial charge in [-0.15, -0.1) is 6.58 Å². The lowest BCUT2D eigenvalue weighted by atomic mass is 9.67. The number of piperidine rings is 1. The first-order valence-electron chi connectivity index (χ1n) is 12.9. The molecule has 4 atom stereocenters. The molecule has 8 heteroatoms. The van der Waals surface area contributed by atoms with Crippen LogP contribution in [0.25, 0.3) is 0 Å². The molecule has 1 heterocycles. The molecule has 1 aliphatic carbocycles. The Morgan fingerprint density at radius 2 is 1.78 bits per heavy atom. The number of carbonyl (C=O) groups is 1. The highest BCUT2D eigenvalue weighted by molar-refractivity contribution is 7.90. The number of nitrogens with one attached hydrogen (secondary N) is 1. The molecule has 37 heavy (non-hydrogen) atoms. The Hall–Kier alpha value is -1.86. The minimum absolute atomic E-state index is 0.0336. The summed E-state index contributed by atoms with van der Waals surface area (Å²) in [5, 5.41) is 0.711. The minimum Gasteiger partial charge on any atom is -0.330 e. The number of likely N-dealkylation sites (tertiary alicyclic amines) is 1. The molecule has 0 spiro atoms. The van der Waals surface area contributed by atoms with Gasteiger partial charge in [0.2, 0.25) is 15.9 Å². The van der Waals surface area contributed by atoms with Crippen molar-refractivity contribution in [3.05, 3.63) is 82.4 Å². The number of rotatable bonds is 10. The van der Waals surface area contributed by atoms with E-state index in [1.54, 1.807) is 19.9 Å². The number of benzene rings is 2. The summed E-state index contributed by atoms with van der Waals surface area (Å²) in [5.41, 5.74) is 1.35. The SMILES string of the molecule is C=CC[C@@]1(C)C[C@H](c2cccc(Cl)c2)[C@@H](c2ccc(Cl)cc2)N([C@@H](CNS(=O)(=O)C(C)C)C2CC2)C1=O. The van der Waals surface area contributed by atoms with Gasteiger partial charge in [-0.3, -0.25) is 4.79 Å². The Bertz CT molecular complexity index is 1240. The predicted octanol–water partition coefficient (Wildman–Crippen LogP) is 6.74. The van der Waals surface area contributed by atoms with E-state index in [1.165, 1.54) is 0 Å². The van der Waals surface area contributed by atoms with Crippen molar-refractivity contribution in [2.75, 3.05) is 6.54 Å². The highest BCUT2D eigenvalue weighted by atomic mass is 35.5. The Kier molecular flexibility index (Phi) is 8.44. The van der Waals surface area contributed by atoms with Gasteiger partial charge in [-0.25, -0.2) is 13.1 Å². The summed E-state index contributed by atoms with van der Waals surface area (Å²) >= 11 is 12.7. The van der Waals surface area contributed by atoms with Gasteiger partial charge >= 0.3 is 0 Å². The molecule has 0 aromatic heterocycles. The largest absolute Gasteiger partial charge is 0.330 e. The molecule has 2 aromatic carbocycles. The summed E-state index contributed by atoms with van der Waals surface area (Å²) in [6.07, 6.45) is 4.89. The first kappa shape index (κ1) is 28.2. The van der Waals surface area contributed by atoms with E-state index in [0.717, 1.165) is 24.0 Å². The third-order valence-corrected chi connectivity index (χ3v) is 10.1. The molecule has 2 aliphatic rings. The predicted molar refractivity (Wildman–Crippen MR) is 151 cm³/mol. The van der Waals surface area contributed by atoms with Crippen LogP contribution in [0.3, 0.4) is 0 Å². The Morgan fingerprint density at radius 3 is 2.35 bits per heavy atom. The Morgan fingerprint density at radius 1 is 1.11 bits per heavy atom. The van der Waals surface area contributed by atoms with E-state index in [1.807, 2.05) is 54.3 Å². The molecular formula is C29H36Cl2N2O3S. The monoisotopic (exact) mass is 562 g/mol. The van der Waals surface area contributed by atoms with Crippen LogP contribution in [0.15, 0.2) is 61.2 Å². The average Bonchev–Trinajstić information content (AvgIpc) is 3.68. The molecule has 0 unspecified atom stereocenters. The van der Waals surface area contributed by atoms with Crippen LogP contribution in [-0.4, -0.2) is 37.1 Å². The second-order valence-electron chi connectivity index (χ2n) is 11.0. The van der Waals surface area contributed by atoms with Gasteiger partial charge < -0.3 is 4.90 Å². The van der Waals surface area contributed by atoms with E-state index in [4.69, 9.17) is 23.2 Å². The van der Waals surface area contributed by atoms with Crippen molar-refractivity contribution in [3.8, 4) is 0 Å². The topological polar surface area (TPSA) is 66.5 Å². The smallest absolute Gasteiger partial charge is 0.229 e. The number of halogens is 2. The van der Waals surface area contributed by atoms with Gasteiger partial charge in [-0.2, -0.15) is 0 Å². The zero-order chi connectivity index (χ0) is 27.0. The third kappa shape index (κ3) is 6.08. The maximum absolute atomic E-state index is 14.4. The molecule has 2 fully saturated rings. The van der Waals surface area contributed by atoms with Crippen LogP contribution in [0.2, 0.25) is 10.0 Å². The van der Waals surface area contributed by atoms with Crippen molar-refractivity contribution in [2.24, 2.45) is 11.3 Å². The zero-order valence-corrected chi connectivity index (χ0v) is 24.0. The average molecular weight is 564 g/mol. The summed E-state index contributed by atoms with van der Waals surface area (Å²) in [6.45, 7) is 9.45. The number of allylic oxidation sites excluding steroid dienone is 1. The summed E-state index contributed by atoms with van der Waals surface area (Å²) in [7, 11) is -3.49. The Labute approximate surface area is 231 Å². The number of hydrogen-bond acceptors (Lipinski definition) is 3. The number of carbonyl (C=O) groups excluding carboxylic acids is 1. The molecule has 200 valence electrons. The lowest BCUT2D eigenvalue weighted by molar-refractivity contribution is -0.155. The fraction of sp³-hybridized carbons (Fsp3) is 0.483. The summed E-state index contributed by atoms with van der Waals surface area (Å²) in [6, 6.07) is 14.9. The third-order valence-electron chi connectivity index (χ3n) is 7.82. The minimum atomic E-state index is -3.49. The maximum atomic E-state index is 14.4. The van der Waals surface area contributed by atoms with Crippen molar-refractivity contribution in [3.63, 3.8) is 0 Å². The van der Waals surface area contributed by atoms with Crippen molar-refractivity contribution in [1.82, 2.24) is 9.62 Å². The van der Waals surface area contributed by atoms with Gasteiger partial charge in [0.25, 0.3) is 0 Å². The van der Waals surface area contributed by atoms with E-state index in [-0.39, 0.29) is 36.4 Å². The Balaban J connectivity index is 1.87. The van der Waals surface area contributed by atoms with E-state index >= 15 is 0 Å². The number of sulfonamides is 1. The van der Waals surface area contributed by atoms with Crippen LogP contribution in [0.5, 0.6) is 0 Å². The van der Waals surface area contributed by atoms with Crippen LogP contribution >= 0.6 is 23.2 Å². The molecule has 5 nitrogen and oxygen atoms in total. The second kappa shape index (κ2) is 11.1. The lowest BCUT2D eigenvalue weighted by Gasteiger charge is -2.52. The van der Waals surface area contributed by atoms with Crippen molar-refractivity contribution in [1.29, 1.82) is 0 Å². The number of hydrogen-bond donors (Lipinski definition) is 1. The first-order valence-corrected chi connectivity index (χ1v) is 15.2. The van der Waals surface area contributed by atoms with E-state index in [0.29, 0.717) is 22.9 Å². The second-order valence-corrected chi connectivity index (χ2v) is 14.2. The maximum Gasteiger partial charge on any atom is 0.229 e. The van der Waals surface area contributed by atoms with Gasteiger partial charge in [-0.05, 0) is 80.8 Å². The summed E-state index contributed by atoms with van der Waals surface area (Å²) in [5.74, 6) is 0.219. The normalized spacial score (nSPS) is 25.4. The van der Waals surface area contributed by atoms with E-state index < -0.39 is 20.7 Å². The quantitative estimate of drug-likeness (QED) is 0.326. The molecule has 1 aliphatic heterocycles. The van der Waals surface area contributed by atoms with Gasteiger partial charge in [0.05, 0.1) is 16.7 Å². The summed E-state index contributed by atoms with van der Waals surface area (Å²) < 4.78 is 28.3. The zero-order valence-electron chi connectivity index (χ0n) is 21.7. The van der Waals surface area contributed by atoms with E-state index in [9.17, 15) is 13.2 Å².